The fraction of sp³-hybridized carbons (Fsp3) is 0. The highest BCUT2D eigenvalue weighted by atomic mass is 16.6. The third-order valence-corrected chi connectivity index (χ3v) is 3.56. The van der Waals surface area contributed by atoms with Gasteiger partial charge in [-0.15, -0.1) is 0 Å². The largest absolute Gasteiger partial charge is 0.411 e. The lowest BCUT2D eigenvalue weighted by Gasteiger charge is -2.08. The molecule has 2 aromatic heterocycles. The van der Waals surface area contributed by atoms with Gasteiger partial charge in [0.15, 0.2) is 0 Å². The SMILES string of the molecule is NC(=O)Oc1cc(C(=O)NO)cc(-c2ccc(C#Cc3cccnc3)cc2)n1. The van der Waals surface area contributed by atoms with Gasteiger partial charge in [0.05, 0.1) is 5.69 Å². The first-order valence-corrected chi connectivity index (χ1v) is 8.01. The highest BCUT2D eigenvalue weighted by molar-refractivity contribution is 5.94. The van der Waals surface area contributed by atoms with Crippen molar-refractivity contribution in [1.29, 1.82) is 0 Å². The topological polar surface area (TPSA) is 127 Å². The minimum absolute atomic E-state index is 0.0456. The van der Waals surface area contributed by atoms with Gasteiger partial charge in [0.25, 0.3) is 5.91 Å². The van der Waals surface area contributed by atoms with E-state index >= 15 is 0 Å². The van der Waals surface area contributed by atoms with Crippen molar-refractivity contribution in [3.63, 3.8) is 0 Å². The molecule has 4 N–H and O–H groups in total. The number of rotatable bonds is 3. The van der Waals surface area contributed by atoms with Gasteiger partial charge < -0.3 is 10.5 Å². The van der Waals surface area contributed by atoms with Crippen molar-refractivity contribution in [1.82, 2.24) is 15.4 Å². The van der Waals surface area contributed by atoms with E-state index in [1.807, 2.05) is 6.07 Å². The van der Waals surface area contributed by atoms with Gasteiger partial charge in [-0.1, -0.05) is 24.0 Å². The Hall–Kier alpha value is -4.22. The standard InChI is InChI=1S/C20H14N4O4/c21-20(26)28-18-11-16(19(25)24-27)10-17(23-18)15-7-5-13(6-8-15)3-4-14-2-1-9-22-12-14/h1-2,5-12,27H,(H2,21,26)(H,24,25). The van der Waals surface area contributed by atoms with Crippen LogP contribution in [0.5, 0.6) is 5.88 Å². The molecule has 0 aliphatic rings. The number of benzene rings is 1. The number of carbonyl (C=O) groups is 2. The number of nitrogens with two attached hydrogens (primary N) is 1. The molecule has 2 amide bonds. The predicted octanol–water partition coefficient (Wildman–Crippen LogP) is 2.12. The van der Waals surface area contributed by atoms with Crippen molar-refractivity contribution in [2.24, 2.45) is 5.73 Å². The second-order valence-electron chi connectivity index (χ2n) is 5.51. The normalized spacial score (nSPS) is 9.75. The molecule has 0 radical (unpaired) electrons. The van der Waals surface area contributed by atoms with E-state index in [4.69, 9.17) is 15.7 Å². The highest BCUT2D eigenvalue weighted by Gasteiger charge is 2.13. The Bertz CT molecular complexity index is 1070. The van der Waals surface area contributed by atoms with Crippen molar-refractivity contribution >= 4 is 12.0 Å². The van der Waals surface area contributed by atoms with E-state index in [9.17, 15) is 9.59 Å². The number of primary amides is 1. The third kappa shape index (κ3) is 4.69. The molecule has 28 heavy (non-hydrogen) atoms. The molecule has 0 saturated carbocycles. The zero-order valence-electron chi connectivity index (χ0n) is 14.4. The van der Waals surface area contributed by atoms with Gasteiger partial charge in [-0.05, 0) is 30.3 Å². The number of nitrogens with one attached hydrogen (secondary N) is 1. The van der Waals surface area contributed by atoms with E-state index in [1.54, 1.807) is 42.7 Å². The van der Waals surface area contributed by atoms with E-state index in [0.29, 0.717) is 11.3 Å². The minimum atomic E-state index is -1.07. The molecule has 0 saturated heterocycles. The van der Waals surface area contributed by atoms with Crippen LogP contribution in [0.4, 0.5) is 4.79 Å². The van der Waals surface area contributed by atoms with Gasteiger partial charge in [0.1, 0.15) is 0 Å². The summed E-state index contributed by atoms with van der Waals surface area (Å²) >= 11 is 0. The molecule has 0 unspecified atom stereocenters. The molecule has 0 aliphatic carbocycles. The summed E-state index contributed by atoms with van der Waals surface area (Å²) in [6.07, 6.45) is 2.28. The first-order valence-electron chi connectivity index (χ1n) is 8.01. The molecule has 138 valence electrons. The maximum Gasteiger partial charge on any atom is 0.411 e. The average molecular weight is 374 g/mol. The summed E-state index contributed by atoms with van der Waals surface area (Å²) in [6.45, 7) is 0. The van der Waals surface area contributed by atoms with E-state index in [1.165, 1.54) is 17.6 Å². The predicted molar refractivity (Wildman–Crippen MR) is 99.4 cm³/mol. The van der Waals surface area contributed by atoms with Gasteiger partial charge >= 0.3 is 6.09 Å². The van der Waals surface area contributed by atoms with Crippen LogP contribution in [-0.2, 0) is 0 Å². The van der Waals surface area contributed by atoms with Crippen LogP contribution in [0, 0.1) is 11.8 Å². The van der Waals surface area contributed by atoms with Crippen LogP contribution in [0.1, 0.15) is 21.5 Å². The Morgan fingerprint density at radius 3 is 2.46 bits per heavy atom. The molecule has 0 fully saturated rings. The molecular weight excluding hydrogens is 360 g/mol. The number of hydrogen-bond acceptors (Lipinski definition) is 6. The van der Waals surface area contributed by atoms with Gasteiger partial charge in [-0.3, -0.25) is 15.0 Å². The quantitative estimate of drug-likeness (QED) is 0.366. The number of ether oxygens (including phenoxy) is 1. The number of hydroxylamine groups is 1. The molecule has 2 heterocycles. The van der Waals surface area contributed by atoms with E-state index < -0.39 is 12.0 Å². The number of amides is 2. The lowest BCUT2D eigenvalue weighted by Crippen LogP contribution is -2.20. The average Bonchev–Trinajstić information content (AvgIpc) is 2.72. The van der Waals surface area contributed by atoms with Crippen molar-refractivity contribution < 1.29 is 19.5 Å². The van der Waals surface area contributed by atoms with Crippen molar-refractivity contribution in [2.75, 3.05) is 0 Å². The van der Waals surface area contributed by atoms with Crippen LogP contribution < -0.4 is 16.0 Å². The van der Waals surface area contributed by atoms with Gasteiger partial charge in [-0.2, -0.15) is 0 Å². The summed E-state index contributed by atoms with van der Waals surface area (Å²) in [4.78, 5) is 30.9. The van der Waals surface area contributed by atoms with Crippen molar-refractivity contribution in [3.05, 3.63) is 77.6 Å². The van der Waals surface area contributed by atoms with Crippen LogP contribution in [0.25, 0.3) is 11.3 Å². The Morgan fingerprint density at radius 2 is 1.82 bits per heavy atom. The first kappa shape index (κ1) is 18.6. The summed E-state index contributed by atoms with van der Waals surface area (Å²) in [5.74, 6) is 5.08. The summed E-state index contributed by atoms with van der Waals surface area (Å²) in [5.41, 5.74) is 9.13. The van der Waals surface area contributed by atoms with Gasteiger partial charge in [-0.25, -0.2) is 15.3 Å². The first-order chi connectivity index (χ1) is 13.5. The molecule has 3 rings (SSSR count). The molecule has 0 atom stereocenters. The molecule has 1 aromatic carbocycles. The number of carbonyl (C=O) groups excluding carboxylic acids is 2. The van der Waals surface area contributed by atoms with E-state index in [2.05, 4.69) is 21.8 Å². The minimum Gasteiger partial charge on any atom is -0.391 e. The maximum absolute atomic E-state index is 11.7. The molecule has 0 spiro atoms. The monoisotopic (exact) mass is 374 g/mol. The second-order valence-corrected chi connectivity index (χ2v) is 5.51. The third-order valence-electron chi connectivity index (χ3n) is 3.56. The van der Waals surface area contributed by atoms with Crippen LogP contribution in [0.15, 0.2) is 60.9 Å². The zero-order valence-corrected chi connectivity index (χ0v) is 14.4. The number of pyridine rings is 2. The molecule has 0 aliphatic heterocycles. The molecule has 8 heteroatoms. The van der Waals surface area contributed by atoms with Crippen LogP contribution in [0.2, 0.25) is 0 Å². The Kier molecular flexibility index (Phi) is 5.60. The van der Waals surface area contributed by atoms with Crippen LogP contribution >= 0.6 is 0 Å². The Balaban J connectivity index is 1.91. The fourth-order valence-electron chi connectivity index (χ4n) is 2.31. The van der Waals surface area contributed by atoms with E-state index in [-0.39, 0.29) is 11.4 Å². The Labute approximate surface area is 160 Å². The summed E-state index contributed by atoms with van der Waals surface area (Å²) in [7, 11) is 0. The summed E-state index contributed by atoms with van der Waals surface area (Å²) in [6, 6.07) is 13.4. The van der Waals surface area contributed by atoms with Crippen molar-refractivity contribution in [3.8, 4) is 29.0 Å². The maximum atomic E-state index is 11.7. The number of nitrogens with zero attached hydrogens (tertiary/aromatic N) is 2. The molecular formula is C20H14N4O4. The summed E-state index contributed by atoms with van der Waals surface area (Å²) < 4.78 is 4.76. The van der Waals surface area contributed by atoms with E-state index in [0.717, 1.165) is 11.1 Å². The van der Waals surface area contributed by atoms with Gasteiger partial charge in [0.2, 0.25) is 5.88 Å². The molecule has 0 bridgehead atoms. The lowest BCUT2D eigenvalue weighted by atomic mass is 10.1. The second kappa shape index (κ2) is 8.44. The smallest absolute Gasteiger partial charge is 0.391 e. The summed E-state index contributed by atoms with van der Waals surface area (Å²) in [5, 5.41) is 8.84. The number of aromatic nitrogens is 2. The van der Waals surface area contributed by atoms with Crippen molar-refractivity contribution in [2.45, 2.75) is 0 Å². The molecule has 3 aromatic rings. The van der Waals surface area contributed by atoms with Crippen LogP contribution in [-0.4, -0.2) is 27.2 Å². The van der Waals surface area contributed by atoms with Gasteiger partial charge in [0, 0.05) is 40.7 Å². The number of hydrogen-bond donors (Lipinski definition) is 3. The fourth-order valence-corrected chi connectivity index (χ4v) is 2.31. The highest BCUT2D eigenvalue weighted by Crippen LogP contribution is 2.23. The van der Waals surface area contributed by atoms with Crippen LogP contribution in [0.3, 0.4) is 0 Å². The Morgan fingerprint density at radius 1 is 1.07 bits per heavy atom. The zero-order chi connectivity index (χ0) is 19.9. The lowest BCUT2D eigenvalue weighted by molar-refractivity contribution is 0.0706. The molecule has 8 nitrogen and oxygen atoms in total.